The molecule has 0 amide bonds. The van der Waals surface area contributed by atoms with E-state index in [4.69, 9.17) is 11.5 Å². The zero-order valence-corrected chi connectivity index (χ0v) is 11.4. The summed E-state index contributed by atoms with van der Waals surface area (Å²) in [5.74, 6) is 0.527. The molecule has 4 rings (SSSR count). The maximum absolute atomic E-state index is 13.4. The number of anilines is 2. The van der Waals surface area contributed by atoms with E-state index in [0.717, 1.165) is 29.7 Å². The van der Waals surface area contributed by atoms with Crippen LogP contribution in [0.2, 0.25) is 0 Å². The maximum atomic E-state index is 13.4. The lowest BCUT2D eigenvalue weighted by atomic mass is 10.1. The van der Waals surface area contributed by atoms with Crippen LogP contribution in [0.15, 0.2) is 36.4 Å². The summed E-state index contributed by atoms with van der Waals surface area (Å²) in [6.07, 6.45) is 2.24. The van der Waals surface area contributed by atoms with E-state index in [9.17, 15) is 4.39 Å². The highest BCUT2D eigenvalue weighted by atomic mass is 19.1. The number of nitrogens with two attached hydrogens (primary N) is 2. The maximum Gasteiger partial charge on any atom is 0.141 e. The Hall–Kier alpha value is -2.56. The van der Waals surface area contributed by atoms with Crippen molar-refractivity contribution in [1.29, 1.82) is 0 Å². The number of nitrogens with zero attached hydrogens (tertiary/aromatic N) is 2. The number of nitrogen functional groups attached to an aromatic ring is 2. The summed E-state index contributed by atoms with van der Waals surface area (Å²) >= 11 is 0. The van der Waals surface area contributed by atoms with Crippen LogP contribution in [-0.2, 0) is 0 Å². The first kappa shape index (κ1) is 12.2. The van der Waals surface area contributed by atoms with Gasteiger partial charge in [-0.25, -0.2) is 9.37 Å². The van der Waals surface area contributed by atoms with Crippen LogP contribution in [-0.4, -0.2) is 9.55 Å². The Balaban J connectivity index is 2.00. The van der Waals surface area contributed by atoms with Gasteiger partial charge < -0.3 is 16.0 Å². The predicted octanol–water partition coefficient (Wildman–Crippen LogP) is 3.34. The molecule has 4 nitrogen and oxygen atoms in total. The van der Waals surface area contributed by atoms with E-state index >= 15 is 0 Å². The highest BCUT2D eigenvalue weighted by Crippen LogP contribution is 2.41. The van der Waals surface area contributed by atoms with Crippen molar-refractivity contribution in [2.45, 2.75) is 18.9 Å². The second kappa shape index (κ2) is 4.22. The summed E-state index contributed by atoms with van der Waals surface area (Å²) in [5, 5.41) is 0. The van der Waals surface area contributed by atoms with Gasteiger partial charge in [-0.15, -0.1) is 0 Å². The van der Waals surface area contributed by atoms with Crippen LogP contribution in [0.4, 0.5) is 15.8 Å². The first-order chi connectivity index (χ1) is 10.1. The van der Waals surface area contributed by atoms with Crippen molar-refractivity contribution in [1.82, 2.24) is 9.55 Å². The SMILES string of the molecule is Nc1cc(N)cc(-c2nc3cc(F)ccc3n2C2CC2)c1. The highest BCUT2D eigenvalue weighted by molar-refractivity contribution is 5.82. The molecule has 1 heterocycles. The first-order valence-corrected chi connectivity index (χ1v) is 6.96. The fourth-order valence-corrected chi connectivity index (χ4v) is 2.78. The van der Waals surface area contributed by atoms with E-state index in [-0.39, 0.29) is 5.82 Å². The summed E-state index contributed by atoms with van der Waals surface area (Å²) in [7, 11) is 0. The quantitative estimate of drug-likeness (QED) is 0.708. The lowest BCUT2D eigenvalue weighted by molar-refractivity contribution is 0.629. The van der Waals surface area contributed by atoms with Crippen molar-refractivity contribution in [2.75, 3.05) is 11.5 Å². The third-order valence-corrected chi connectivity index (χ3v) is 3.80. The number of fused-ring (bicyclic) bond motifs is 1. The van der Waals surface area contributed by atoms with Gasteiger partial charge in [0, 0.05) is 29.0 Å². The van der Waals surface area contributed by atoms with Gasteiger partial charge in [-0.05, 0) is 43.2 Å². The number of aromatic nitrogens is 2. The average molecular weight is 282 g/mol. The topological polar surface area (TPSA) is 69.9 Å². The molecule has 0 bridgehead atoms. The van der Waals surface area contributed by atoms with Gasteiger partial charge in [-0.1, -0.05) is 0 Å². The zero-order chi connectivity index (χ0) is 14.6. The molecule has 4 N–H and O–H groups in total. The van der Waals surface area contributed by atoms with Gasteiger partial charge in [0.1, 0.15) is 11.6 Å². The zero-order valence-electron chi connectivity index (χ0n) is 11.4. The molecule has 1 aliphatic rings. The number of halogens is 1. The third kappa shape index (κ3) is 2.01. The van der Waals surface area contributed by atoms with E-state index in [2.05, 4.69) is 9.55 Å². The van der Waals surface area contributed by atoms with Gasteiger partial charge in [0.05, 0.1) is 11.0 Å². The van der Waals surface area contributed by atoms with E-state index in [0.29, 0.717) is 22.9 Å². The second-order valence-corrected chi connectivity index (χ2v) is 5.56. The Morgan fingerprint density at radius 1 is 1.05 bits per heavy atom. The first-order valence-electron chi connectivity index (χ1n) is 6.96. The Labute approximate surface area is 121 Å². The Morgan fingerprint density at radius 2 is 1.76 bits per heavy atom. The van der Waals surface area contributed by atoms with Crippen LogP contribution >= 0.6 is 0 Å². The number of imidazole rings is 1. The third-order valence-electron chi connectivity index (χ3n) is 3.80. The van der Waals surface area contributed by atoms with Gasteiger partial charge in [-0.3, -0.25) is 0 Å². The smallest absolute Gasteiger partial charge is 0.141 e. The van der Waals surface area contributed by atoms with Crippen LogP contribution in [0, 0.1) is 5.82 Å². The number of benzene rings is 2. The van der Waals surface area contributed by atoms with E-state index < -0.39 is 0 Å². The van der Waals surface area contributed by atoms with Crippen LogP contribution in [0.5, 0.6) is 0 Å². The molecule has 1 aromatic heterocycles. The standard InChI is InChI=1S/C16H15FN4/c17-10-1-4-15-14(7-10)20-16(21(15)13-2-3-13)9-5-11(18)8-12(19)6-9/h1,4-8,13H,2-3,18-19H2. The van der Waals surface area contributed by atoms with Crippen LogP contribution in [0.1, 0.15) is 18.9 Å². The fraction of sp³-hybridized carbons (Fsp3) is 0.188. The fourth-order valence-electron chi connectivity index (χ4n) is 2.78. The normalized spacial score (nSPS) is 14.7. The number of hydrogen-bond donors (Lipinski definition) is 2. The second-order valence-electron chi connectivity index (χ2n) is 5.56. The van der Waals surface area contributed by atoms with Crippen molar-refractivity contribution >= 4 is 22.4 Å². The summed E-state index contributed by atoms with van der Waals surface area (Å²) in [6.45, 7) is 0. The minimum Gasteiger partial charge on any atom is -0.399 e. The molecule has 1 saturated carbocycles. The van der Waals surface area contributed by atoms with Crippen molar-refractivity contribution in [2.24, 2.45) is 0 Å². The van der Waals surface area contributed by atoms with E-state index in [1.54, 1.807) is 12.1 Å². The number of hydrogen-bond acceptors (Lipinski definition) is 3. The van der Waals surface area contributed by atoms with Crippen molar-refractivity contribution in [3.8, 4) is 11.4 Å². The molecule has 1 fully saturated rings. The summed E-state index contributed by atoms with van der Waals surface area (Å²) in [5.41, 5.74) is 15.5. The molecule has 3 aromatic rings. The molecule has 106 valence electrons. The molecule has 0 atom stereocenters. The van der Waals surface area contributed by atoms with Gasteiger partial charge in [0.2, 0.25) is 0 Å². The summed E-state index contributed by atoms with van der Waals surface area (Å²) in [4.78, 5) is 4.60. The minimum atomic E-state index is -0.276. The molecule has 0 unspecified atom stereocenters. The van der Waals surface area contributed by atoms with Gasteiger partial charge in [-0.2, -0.15) is 0 Å². The molecule has 0 spiro atoms. The molecule has 5 heteroatoms. The monoisotopic (exact) mass is 282 g/mol. The molecule has 0 radical (unpaired) electrons. The lowest BCUT2D eigenvalue weighted by Gasteiger charge is -2.09. The molecule has 1 aliphatic carbocycles. The molecule has 0 aliphatic heterocycles. The van der Waals surface area contributed by atoms with Crippen molar-refractivity contribution in [3.63, 3.8) is 0 Å². The Kier molecular flexibility index (Phi) is 2.45. The lowest BCUT2D eigenvalue weighted by Crippen LogP contribution is -1.99. The average Bonchev–Trinajstić information content (AvgIpc) is 3.18. The van der Waals surface area contributed by atoms with Gasteiger partial charge >= 0.3 is 0 Å². The minimum absolute atomic E-state index is 0.276. The van der Waals surface area contributed by atoms with Gasteiger partial charge in [0.15, 0.2) is 0 Å². The molecular weight excluding hydrogens is 267 g/mol. The molecule has 21 heavy (non-hydrogen) atoms. The van der Waals surface area contributed by atoms with Crippen LogP contribution < -0.4 is 11.5 Å². The van der Waals surface area contributed by atoms with E-state index in [1.807, 2.05) is 12.1 Å². The van der Waals surface area contributed by atoms with Gasteiger partial charge in [0.25, 0.3) is 0 Å². The van der Waals surface area contributed by atoms with Crippen LogP contribution in [0.25, 0.3) is 22.4 Å². The molecule has 2 aromatic carbocycles. The predicted molar refractivity (Wildman–Crippen MR) is 82.2 cm³/mol. The summed E-state index contributed by atoms with van der Waals surface area (Å²) in [6, 6.07) is 10.6. The van der Waals surface area contributed by atoms with E-state index in [1.165, 1.54) is 12.1 Å². The molecule has 0 saturated heterocycles. The molecular formula is C16H15FN4. The summed E-state index contributed by atoms with van der Waals surface area (Å²) < 4.78 is 15.6. The Morgan fingerprint density at radius 3 is 2.43 bits per heavy atom. The van der Waals surface area contributed by atoms with Crippen molar-refractivity contribution in [3.05, 3.63) is 42.2 Å². The van der Waals surface area contributed by atoms with Crippen LogP contribution in [0.3, 0.4) is 0 Å². The Bertz CT molecular complexity index is 829. The van der Waals surface area contributed by atoms with Crippen molar-refractivity contribution < 1.29 is 4.39 Å². The highest BCUT2D eigenvalue weighted by Gasteiger charge is 2.28. The largest absolute Gasteiger partial charge is 0.399 e. The number of rotatable bonds is 2.